The molecule has 0 aromatic heterocycles. The molecule has 0 heterocycles. The second kappa shape index (κ2) is 9.46. The van der Waals surface area contributed by atoms with Gasteiger partial charge in [0.1, 0.15) is 10.8 Å². The van der Waals surface area contributed by atoms with Crippen molar-refractivity contribution in [3.8, 4) is 5.75 Å². The van der Waals surface area contributed by atoms with Crippen molar-refractivity contribution in [2.45, 2.75) is 26.4 Å². The average Bonchev–Trinajstić information content (AvgIpc) is 2.63. The average molecular weight is 395 g/mol. The summed E-state index contributed by atoms with van der Waals surface area (Å²) in [6, 6.07) is 11.7. The number of halogens is 2. The highest BCUT2D eigenvalue weighted by atomic mass is 35.5. The lowest BCUT2D eigenvalue weighted by Crippen LogP contribution is -2.32. The molecule has 0 aliphatic carbocycles. The van der Waals surface area contributed by atoms with E-state index in [0.717, 1.165) is 6.42 Å². The summed E-state index contributed by atoms with van der Waals surface area (Å²) < 4.78 is 5.60. The lowest BCUT2D eigenvalue weighted by Gasteiger charge is -2.17. The van der Waals surface area contributed by atoms with Crippen LogP contribution in [0.5, 0.6) is 5.75 Å². The number of ether oxygens (including phenoxy) is 1. The van der Waals surface area contributed by atoms with Crippen LogP contribution in [0.1, 0.15) is 30.6 Å². The second-order valence-corrected chi connectivity index (χ2v) is 6.39. The maximum Gasteiger partial charge on any atom is 0.265 e. The van der Waals surface area contributed by atoms with Gasteiger partial charge < -0.3 is 15.4 Å². The molecule has 2 aromatic carbocycles. The lowest BCUT2D eigenvalue weighted by atomic mass is 10.1. The van der Waals surface area contributed by atoms with Crippen molar-refractivity contribution < 1.29 is 14.3 Å². The number of rotatable bonds is 7. The molecule has 1 atom stereocenters. The van der Waals surface area contributed by atoms with E-state index < -0.39 is 12.0 Å². The maximum atomic E-state index is 12.5. The molecule has 2 amide bonds. The molecule has 5 nitrogen and oxygen atoms in total. The Kier molecular flexibility index (Phi) is 7.30. The van der Waals surface area contributed by atoms with E-state index in [4.69, 9.17) is 27.9 Å². The third-order valence-electron chi connectivity index (χ3n) is 3.55. The van der Waals surface area contributed by atoms with E-state index in [1.807, 2.05) is 6.92 Å². The summed E-state index contributed by atoms with van der Waals surface area (Å²) in [7, 11) is 0. The van der Waals surface area contributed by atoms with Gasteiger partial charge in [-0.2, -0.15) is 0 Å². The molecule has 2 rings (SSSR count). The Morgan fingerprint density at radius 3 is 2.58 bits per heavy atom. The Morgan fingerprint density at radius 1 is 1.12 bits per heavy atom. The number of anilines is 1. The predicted octanol–water partition coefficient (Wildman–Crippen LogP) is 4.54. The van der Waals surface area contributed by atoms with Crippen LogP contribution in [0.2, 0.25) is 10.0 Å². The van der Waals surface area contributed by atoms with Crippen LogP contribution in [0.15, 0.2) is 42.5 Å². The molecule has 0 saturated carbocycles. The molecule has 0 aliphatic rings. The molecule has 0 radical (unpaired) electrons. The highest BCUT2D eigenvalue weighted by Gasteiger charge is 2.19. The van der Waals surface area contributed by atoms with Crippen LogP contribution in [-0.4, -0.2) is 24.5 Å². The summed E-state index contributed by atoms with van der Waals surface area (Å²) in [4.78, 5) is 24.7. The van der Waals surface area contributed by atoms with Crippen LogP contribution >= 0.6 is 23.2 Å². The summed E-state index contributed by atoms with van der Waals surface area (Å²) in [5, 5.41) is 6.10. The number of hydrogen-bond donors (Lipinski definition) is 2. The number of nitrogens with one attached hydrogen (secondary N) is 2. The molecule has 0 spiro atoms. The number of carbonyl (C=O) groups is 2. The van der Waals surface area contributed by atoms with Gasteiger partial charge in [0.2, 0.25) is 0 Å². The van der Waals surface area contributed by atoms with Crippen molar-refractivity contribution in [3.05, 3.63) is 58.1 Å². The molecule has 0 fully saturated rings. The van der Waals surface area contributed by atoms with Gasteiger partial charge in [-0.15, -0.1) is 0 Å². The molecule has 2 N–H and O–H groups in total. The van der Waals surface area contributed by atoms with E-state index in [0.29, 0.717) is 28.6 Å². The van der Waals surface area contributed by atoms with Crippen LogP contribution in [0.3, 0.4) is 0 Å². The Labute approximate surface area is 162 Å². The highest BCUT2D eigenvalue weighted by molar-refractivity contribution is 6.42. The smallest absolute Gasteiger partial charge is 0.265 e. The zero-order valence-corrected chi connectivity index (χ0v) is 16.0. The second-order valence-electron chi connectivity index (χ2n) is 5.60. The Hall–Kier alpha value is -2.24. The zero-order chi connectivity index (χ0) is 19.1. The van der Waals surface area contributed by atoms with Gasteiger partial charge in [0, 0.05) is 6.54 Å². The van der Waals surface area contributed by atoms with Crippen molar-refractivity contribution in [2.75, 3.05) is 11.9 Å². The SMILES string of the molecule is CCCNC(=O)c1ccccc1NC(=O)C(C)Oc1cccc(Cl)c1Cl. The molecule has 0 aliphatic heterocycles. The fourth-order valence-corrected chi connectivity index (χ4v) is 2.51. The van der Waals surface area contributed by atoms with E-state index in [1.54, 1.807) is 49.4 Å². The van der Waals surface area contributed by atoms with Crippen molar-refractivity contribution in [2.24, 2.45) is 0 Å². The molecule has 2 aromatic rings. The van der Waals surface area contributed by atoms with Gasteiger partial charge in [-0.25, -0.2) is 0 Å². The molecular formula is C19H20Cl2N2O3. The molecular weight excluding hydrogens is 375 g/mol. The van der Waals surface area contributed by atoms with E-state index in [2.05, 4.69) is 10.6 Å². The van der Waals surface area contributed by atoms with Crippen molar-refractivity contribution in [1.29, 1.82) is 0 Å². The molecule has 7 heteroatoms. The van der Waals surface area contributed by atoms with Crippen LogP contribution in [0, 0.1) is 0 Å². The van der Waals surface area contributed by atoms with Gasteiger partial charge in [0.15, 0.2) is 6.10 Å². The quantitative estimate of drug-likeness (QED) is 0.724. The minimum absolute atomic E-state index is 0.241. The lowest BCUT2D eigenvalue weighted by molar-refractivity contribution is -0.122. The van der Waals surface area contributed by atoms with E-state index in [9.17, 15) is 9.59 Å². The van der Waals surface area contributed by atoms with Crippen LogP contribution in [0.25, 0.3) is 0 Å². The number of benzene rings is 2. The largest absolute Gasteiger partial charge is 0.479 e. The minimum atomic E-state index is -0.835. The van der Waals surface area contributed by atoms with Crippen molar-refractivity contribution >= 4 is 40.7 Å². The first-order valence-corrected chi connectivity index (χ1v) is 8.98. The first-order valence-electron chi connectivity index (χ1n) is 8.22. The number of carbonyl (C=O) groups excluding carboxylic acids is 2. The zero-order valence-electron chi connectivity index (χ0n) is 14.5. The molecule has 26 heavy (non-hydrogen) atoms. The van der Waals surface area contributed by atoms with Gasteiger partial charge in [-0.1, -0.05) is 48.3 Å². The summed E-state index contributed by atoms with van der Waals surface area (Å²) in [5.41, 5.74) is 0.807. The third kappa shape index (κ3) is 5.13. The molecule has 0 bridgehead atoms. The summed E-state index contributed by atoms with van der Waals surface area (Å²) >= 11 is 12.0. The monoisotopic (exact) mass is 394 g/mol. The Bertz CT molecular complexity index is 796. The van der Waals surface area contributed by atoms with Crippen molar-refractivity contribution in [3.63, 3.8) is 0 Å². The Balaban J connectivity index is 2.09. The summed E-state index contributed by atoms with van der Waals surface area (Å²) in [6.45, 7) is 4.12. The van der Waals surface area contributed by atoms with Crippen LogP contribution < -0.4 is 15.4 Å². The summed E-state index contributed by atoms with van der Waals surface area (Å²) in [6.07, 6.45) is -0.0105. The standard InChI is InChI=1S/C19H20Cl2N2O3/c1-3-11-22-19(25)13-7-4-5-9-15(13)23-18(24)12(2)26-16-10-6-8-14(20)17(16)21/h4-10,12H,3,11H2,1-2H3,(H,22,25)(H,23,24). The fraction of sp³-hybridized carbons (Fsp3) is 0.263. The normalized spacial score (nSPS) is 11.5. The van der Waals surface area contributed by atoms with Crippen LogP contribution in [0.4, 0.5) is 5.69 Å². The van der Waals surface area contributed by atoms with Gasteiger partial charge in [-0.3, -0.25) is 9.59 Å². The third-order valence-corrected chi connectivity index (χ3v) is 4.36. The number of para-hydroxylation sites is 1. The van der Waals surface area contributed by atoms with Gasteiger partial charge in [0.05, 0.1) is 16.3 Å². The van der Waals surface area contributed by atoms with E-state index in [1.165, 1.54) is 0 Å². The molecule has 0 saturated heterocycles. The van der Waals surface area contributed by atoms with Crippen molar-refractivity contribution in [1.82, 2.24) is 5.32 Å². The number of amides is 2. The highest BCUT2D eigenvalue weighted by Crippen LogP contribution is 2.32. The van der Waals surface area contributed by atoms with Crippen LogP contribution in [-0.2, 0) is 4.79 Å². The summed E-state index contributed by atoms with van der Waals surface area (Å²) in [5.74, 6) is -0.332. The number of hydrogen-bond acceptors (Lipinski definition) is 3. The predicted molar refractivity (Wildman–Crippen MR) is 104 cm³/mol. The van der Waals surface area contributed by atoms with E-state index in [-0.39, 0.29) is 10.9 Å². The minimum Gasteiger partial charge on any atom is -0.479 e. The first kappa shape index (κ1) is 20.1. The van der Waals surface area contributed by atoms with Gasteiger partial charge >= 0.3 is 0 Å². The van der Waals surface area contributed by atoms with Gasteiger partial charge in [0.25, 0.3) is 11.8 Å². The molecule has 1 unspecified atom stereocenters. The molecule has 138 valence electrons. The van der Waals surface area contributed by atoms with E-state index >= 15 is 0 Å². The maximum absolute atomic E-state index is 12.5. The first-order chi connectivity index (χ1) is 12.4. The fourth-order valence-electron chi connectivity index (χ4n) is 2.18. The topological polar surface area (TPSA) is 67.4 Å². The Morgan fingerprint density at radius 2 is 1.85 bits per heavy atom. The van der Waals surface area contributed by atoms with Gasteiger partial charge in [-0.05, 0) is 37.6 Å².